The number of nitrogens with zero attached hydrogens (tertiary/aromatic N) is 4. The Kier molecular flexibility index (Phi) is 20.2. The van der Waals surface area contributed by atoms with Crippen LogP contribution in [0.15, 0.2) is 12.1 Å². The number of hydrogen-bond donors (Lipinski definition) is 5. The second-order valence-corrected chi connectivity index (χ2v) is 10.2. The van der Waals surface area contributed by atoms with Gasteiger partial charge in [-0.05, 0) is 12.1 Å². The summed E-state index contributed by atoms with van der Waals surface area (Å²) in [5, 5.41) is 31.9. The standard InChI is InChI=1S/C18H29N5O2.4C2HF3O2/c1-2-17(20-18-16(1)15-19-3-12-25-18)23-8-6-21(7-9-23)4-5-22-10-13-24-14-11-22;4*3-2(4,5)1(6)7/h1-2,19H,3-15H2;4*(H,6,7). The molecule has 2 saturated heterocycles. The summed E-state index contributed by atoms with van der Waals surface area (Å²) in [4.78, 5) is 47.8. The first-order chi connectivity index (χ1) is 24.2. The van der Waals surface area contributed by atoms with E-state index in [2.05, 4.69) is 32.1 Å². The highest BCUT2D eigenvalue weighted by Gasteiger charge is 2.40. The monoisotopic (exact) mass is 803 g/mol. The summed E-state index contributed by atoms with van der Waals surface area (Å²) in [7, 11) is 0. The van der Waals surface area contributed by atoms with Crippen molar-refractivity contribution in [3.63, 3.8) is 0 Å². The molecule has 3 aliphatic heterocycles. The van der Waals surface area contributed by atoms with Crippen LogP contribution in [0.4, 0.5) is 58.5 Å². The number of alkyl halides is 12. The van der Waals surface area contributed by atoms with Crippen molar-refractivity contribution in [1.29, 1.82) is 0 Å². The Bertz CT molecular complexity index is 1200. The van der Waals surface area contributed by atoms with Crippen LogP contribution in [0.25, 0.3) is 0 Å². The maximum Gasteiger partial charge on any atom is 0.490 e. The molecule has 0 aliphatic carbocycles. The summed E-state index contributed by atoms with van der Waals surface area (Å²) in [6.45, 7) is 12.9. The van der Waals surface area contributed by atoms with Crippen LogP contribution >= 0.6 is 0 Å². The van der Waals surface area contributed by atoms with E-state index in [0.29, 0.717) is 6.61 Å². The van der Waals surface area contributed by atoms with Gasteiger partial charge in [-0.25, -0.2) is 19.2 Å². The van der Waals surface area contributed by atoms with E-state index in [4.69, 9.17) is 54.1 Å². The van der Waals surface area contributed by atoms with Gasteiger partial charge in [-0.2, -0.15) is 57.7 Å². The van der Waals surface area contributed by atoms with Gasteiger partial charge in [0, 0.05) is 71.0 Å². The van der Waals surface area contributed by atoms with Crippen molar-refractivity contribution in [1.82, 2.24) is 20.1 Å². The number of hydrogen-bond acceptors (Lipinski definition) is 11. The van der Waals surface area contributed by atoms with Crippen LogP contribution in [0.1, 0.15) is 5.56 Å². The van der Waals surface area contributed by atoms with E-state index in [1.165, 1.54) is 0 Å². The Morgan fingerprint density at radius 3 is 1.38 bits per heavy atom. The topological polar surface area (TPSA) is 202 Å². The van der Waals surface area contributed by atoms with E-state index in [0.717, 1.165) is 95.9 Å². The Labute approximate surface area is 290 Å². The largest absolute Gasteiger partial charge is 0.490 e. The second-order valence-electron chi connectivity index (χ2n) is 10.2. The number of aliphatic carboxylic acids is 4. The lowest BCUT2D eigenvalue weighted by atomic mass is 10.2. The smallest absolute Gasteiger partial charge is 0.476 e. The van der Waals surface area contributed by atoms with E-state index in [9.17, 15) is 52.7 Å². The predicted octanol–water partition coefficient (Wildman–Crippen LogP) is 2.55. The highest BCUT2D eigenvalue weighted by molar-refractivity contribution is 5.74. The third kappa shape index (κ3) is 21.7. The number of carboxylic acids is 4. The van der Waals surface area contributed by atoms with E-state index in [1.807, 2.05) is 0 Å². The van der Waals surface area contributed by atoms with Crippen molar-refractivity contribution in [2.24, 2.45) is 0 Å². The number of nitrogens with one attached hydrogen (secondary N) is 1. The van der Waals surface area contributed by atoms with Gasteiger partial charge in [0.05, 0.1) is 13.2 Å². The molecule has 4 rings (SSSR count). The zero-order chi connectivity index (χ0) is 41.2. The van der Waals surface area contributed by atoms with Crippen LogP contribution < -0.4 is 15.0 Å². The quantitative estimate of drug-likeness (QED) is 0.278. The van der Waals surface area contributed by atoms with E-state index >= 15 is 0 Å². The average Bonchev–Trinajstić information content (AvgIpc) is 3.29. The molecule has 0 saturated carbocycles. The molecule has 0 amide bonds. The van der Waals surface area contributed by atoms with E-state index in [1.54, 1.807) is 0 Å². The van der Waals surface area contributed by atoms with Crippen LogP contribution in [0.3, 0.4) is 0 Å². The van der Waals surface area contributed by atoms with Crippen molar-refractivity contribution >= 4 is 29.7 Å². The summed E-state index contributed by atoms with van der Waals surface area (Å²) < 4.78 is 138. The molecule has 15 nitrogen and oxygen atoms in total. The number of ether oxygens (including phenoxy) is 2. The van der Waals surface area contributed by atoms with Gasteiger partial charge >= 0.3 is 48.6 Å². The number of carboxylic acid groups (broad SMARTS) is 4. The minimum Gasteiger partial charge on any atom is -0.476 e. The third-order valence-corrected chi connectivity index (χ3v) is 6.26. The fourth-order valence-electron chi connectivity index (χ4n) is 3.65. The molecule has 0 spiro atoms. The van der Waals surface area contributed by atoms with Crippen molar-refractivity contribution in [2.75, 3.05) is 83.6 Å². The van der Waals surface area contributed by atoms with Crippen molar-refractivity contribution < 1.29 is 102 Å². The number of carbonyl (C=O) groups is 4. The van der Waals surface area contributed by atoms with Crippen LogP contribution in [-0.4, -0.2) is 163 Å². The SMILES string of the molecule is O=C(O)C(F)(F)F.O=C(O)C(F)(F)F.O=C(O)C(F)(F)F.O=C(O)C(F)(F)F.c1cc2c(nc1N1CCN(CCN3CCOCC3)CC1)OCCNC2. The Balaban J connectivity index is 0.000000791. The number of piperazine rings is 1. The van der Waals surface area contributed by atoms with Crippen LogP contribution in [0.5, 0.6) is 5.88 Å². The zero-order valence-electron chi connectivity index (χ0n) is 26.9. The Hall–Kier alpha value is -4.37. The Morgan fingerprint density at radius 1 is 0.623 bits per heavy atom. The summed E-state index contributed by atoms with van der Waals surface area (Å²) in [6.07, 6.45) is -20.3. The molecule has 27 heteroatoms. The molecule has 0 aromatic carbocycles. The molecule has 5 N–H and O–H groups in total. The first kappa shape index (κ1) is 48.6. The molecule has 0 radical (unpaired) electrons. The van der Waals surface area contributed by atoms with Gasteiger partial charge in [0.1, 0.15) is 12.4 Å². The van der Waals surface area contributed by atoms with Crippen LogP contribution in [0.2, 0.25) is 0 Å². The lowest BCUT2D eigenvalue weighted by Gasteiger charge is -2.37. The maximum absolute atomic E-state index is 10.6. The average molecular weight is 804 g/mol. The first-order valence-corrected chi connectivity index (χ1v) is 14.5. The third-order valence-electron chi connectivity index (χ3n) is 6.26. The zero-order valence-corrected chi connectivity index (χ0v) is 26.9. The number of aromatic nitrogens is 1. The summed E-state index contributed by atoms with van der Waals surface area (Å²) in [5.41, 5.74) is 1.16. The number of anilines is 1. The lowest BCUT2D eigenvalue weighted by molar-refractivity contribution is -0.193. The van der Waals surface area contributed by atoms with Crippen molar-refractivity contribution in [2.45, 2.75) is 31.2 Å². The van der Waals surface area contributed by atoms with Gasteiger partial charge in [0.2, 0.25) is 5.88 Å². The number of fused-ring (bicyclic) bond motifs is 1. The molecule has 4 heterocycles. The number of morpholine rings is 1. The number of pyridine rings is 1. The van der Waals surface area contributed by atoms with Crippen molar-refractivity contribution in [3.05, 3.63) is 17.7 Å². The van der Waals surface area contributed by atoms with Gasteiger partial charge in [0.25, 0.3) is 0 Å². The van der Waals surface area contributed by atoms with Gasteiger partial charge < -0.3 is 40.1 Å². The normalized spacial score (nSPS) is 16.8. The molecule has 0 unspecified atom stereocenters. The predicted molar refractivity (Wildman–Crippen MR) is 152 cm³/mol. The van der Waals surface area contributed by atoms with Crippen molar-refractivity contribution in [3.8, 4) is 5.88 Å². The van der Waals surface area contributed by atoms with Gasteiger partial charge in [-0.15, -0.1) is 0 Å². The number of rotatable bonds is 4. The van der Waals surface area contributed by atoms with Gasteiger partial charge in [-0.1, -0.05) is 0 Å². The molecule has 3 aliphatic rings. The fraction of sp³-hybridized carbons (Fsp3) is 0.654. The summed E-state index contributed by atoms with van der Waals surface area (Å²) in [6, 6.07) is 4.29. The highest BCUT2D eigenvalue weighted by atomic mass is 19.4. The summed E-state index contributed by atoms with van der Waals surface area (Å²) in [5.74, 6) is -9.18. The maximum atomic E-state index is 10.6. The molecular weight excluding hydrogens is 770 g/mol. The van der Waals surface area contributed by atoms with E-state index in [-0.39, 0.29) is 0 Å². The fourth-order valence-corrected chi connectivity index (χ4v) is 3.65. The molecular formula is C26H33F12N5O10. The summed E-state index contributed by atoms with van der Waals surface area (Å²) >= 11 is 0. The van der Waals surface area contributed by atoms with Crippen LogP contribution in [0, 0.1) is 0 Å². The molecule has 306 valence electrons. The molecule has 1 aromatic heterocycles. The van der Waals surface area contributed by atoms with Gasteiger partial charge in [-0.3, -0.25) is 9.80 Å². The van der Waals surface area contributed by atoms with E-state index < -0.39 is 48.6 Å². The molecule has 53 heavy (non-hydrogen) atoms. The Morgan fingerprint density at radius 2 is 1.00 bits per heavy atom. The molecule has 0 atom stereocenters. The number of halogens is 12. The highest BCUT2D eigenvalue weighted by Crippen LogP contribution is 2.23. The minimum atomic E-state index is -5.08. The van der Waals surface area contributed by atoms with Crippen LogP contribution in [-0.2, 0) is 30.5 Å². The molecule has 1 aromatic rings. The lowest BCUT2D eigenvalue weighted by Crippen LogP contribution is -2.49. The molecule has 0 bridgehead atoms. The molecule has 2 fully saturated rings. The second kappa shape index (κ2) is 22.0. The first-order valence-electron chi connectivity index (χ1n) is 14.5. The van der Waals surface area contributed by atoms with Gasteiger partial charge in [0.15, 0.2) is 0 Å². The minimum absolute atomic E-state index is 0.693.